The summed E-state index contributed by atoms with van der Waals surface area (Å²) in [4.78, 5) is 16.3. The summed E-state index contributed by atoms with van der Waals surface area (Å²) in [5.41, 5.74) is 0.456. The average Bonchev–Trinajstić information content (AvgIpc) is 2.46. The van der Waals surface area contributed by atoms with Gasteiger partial charge in [0.2, 0.25) is 0 Å². The summed E-state index contributed by atoms with van der Waals surface area (Å²) in [5.74, 6) is 0.740. The van der Waals surface area contributed by atoms with Gasteiger partial charge in [-0.15, -0.1) is 10.2 Å². The Morgan fingerprint density at radius 3 is 2.83 bits per heavy atom. The van der Waals surface area contributed by atoms with E-state index < -0.39 is 5.60 Å². The van der Waals surface area contributed by atoms with Gasteiger partial charge in [-0.3, -0.25) is 0 Å². The zero-order valence-corrected chi connectivity index (χ0v) is 14.6. The fraction of sp³-hybridized carbons (Fsp3) is 0.667. The highest BCUT2D eigenvalue weighted by Crippen LogP contribution is 2.35. The lowest BCUT2D eigenvalue weighted by molar-refractivity contribution is 0.0210. The molecule has 2 aliphatic heterocycles. The Balaban J connectivity index is 1.78. The second kappa shape index (κ2) is 5.70. The van der Waals surface area contributed by atoms with Crippen LogP contribution in [0.4, 0.5) is 16.3 Å². The number of carbonyl (C=O) groups excluding carboxylic acids is 1. The number of rotatable bonds is 0. The van der Waals surface area contributed by atoms with Crippen molar-refractivity contribution in [2.75, 3.05) is 29.9 Å². The minimum Gasteiger partial charge on any atom is -0.444 e. The minimum atomic E-state index is -0.486. The van der Waals surface area contributed by atoms with Crippen LogP contribution in [0, 0.1) is 0 Å². The summed E-state index contributed by atoms with van der Waals surface area (Å²) in [6, 6.07) is 2.10. The molecule has 2 atom stereocenters. The Morgan fingerprint density at radius 1 is 1.39 bits per heavy atom. The van der Waals surface area contributed by atoms with Crippen LogP contribution in [0.25, 0.3) is 0 Å². The number of nitrogens with one attached hydrogen (secondary N) is 1. The van der Waals surface area contributed by atoms with Gasteiger partial charge in [0.15, 0.2) is 11.0 Å². The summed E-state index contributed by atoms with van der Waals surface area (Å²) in [6.45, 7) is 9.63. The number of hydrogen-bond acceptors (Lipinski definition) is 6. The topological polar surface area (TPSA) is 70.6 Å². The third-order valence-electron chi connectivity index (χ3n) is 4.07. The molecule has 1 N–H and O–H groups in total. The molecule has 126 valence electrons. The summed E-state index contributed by atoms with van der Waals surface area (Å²) in [5, 5.41) is 11.7. The van der Waals surface area contributed by atoms with Crippen molar-refractivity contribution >= 4 is 29.2 Å². The first-order chi connectivity index (χ1) is 10.7. The molecule has 3 rings (SSSR count). The van der Waals surface area contributed by atoms with Crippen LogP contribution >= 0.6 is 11.6 Å². The molecule has 3 heterocycles. The van der Waals surface area contributed by atoms with E-state index in [9.17, 15) is 4.79 Å². The molecular formula is C15H22ClN5O2. The molecule has 0 spiro atoms. The van der Waals surface area contributed by atoms with Crippen molar-refractivity contribution in [1.82, 2.24) is 15.1 Å². The third kappa shape index (κ3) is 3.29. The Labute approximate surface area is 140 Å². The number of hydrogen-bond donors (Lipinski definition) is 1. The molecule has 0 saturated carbocycles. The van der Waals surface area contributed by atoms with Crippen LogP contribution in [-0.4, -0.2) is 58.5 Å². The number of ether oxygens (including phenoxy) is 1. The van der Waals surface area contributed by atoms with E-state index in [1.165, 1.54) is 0 Å². The van der Waals surface area contributed by atoms with Crippen molar-refractivity contribution in [2.45, 2.75) is 45.4 Å². The van der Waals surface area contributed by atoms with Gasteiger partial charge in [-0.05, 0) is 27.7 Å². The van der Waals surface area contributed by atoms with E-state index in [-0.39, 0.29) is 18.2 Å². The molecule has 0 aromatic carbocycles. The third-order valence-corrected chi connectivity index (χ3v) is 4.25. The van der Waals surface area contributed by atoms with Gasteiger partial charge in [-0.1, -0.05) is 11.6 Å². The number of amides is 1. The molecule has 1 saturated heterocycles. The molecular weight excluding hydrogens is 318 g/mol. The first kappa shape index (κ1) is 16.1. The van der Waals surface area contributed by atoms with Crippen molar-refractivity contribution in [3.05, 3.63) is 11.2 Å². The lowest BCUT2D eigenvalue weighted by Gasteiger charge is -2.48. The highest BCUT2D eigenvalue weighted by Gasteiger charge is 2.39. The Morgan fingerprint density at radius 2 is 2.13 bits per heavy atom. The van der Waals surface area contributed by atoms with Crippen molar-refractivity contribution in [1.29, 1.82) is 0 Å². The molecule has 2 aliphatic rings. The van der Waals surface area contributed by atoms with Gasteiger partial charge in [0, 0.05) is 31.7 Å². The molecule has 1 aromatic heterocycles. The quantitative estimate of drug-likeness (QED) is 0.782. The van der Waals surface area contributed by atoms with E-state index in [0.29, 0.717) is 24.8 Å². The highest BCUT2D eigenvalue weighted by atomic mass is 35.5. The maximum Gasteiger partial charge on any atom is 0.410 e. The van der Waals surface area contributed by atoms with Gasteiger partial charge in [0.1, 0.15) is 5.60 Å². The Hall–Kier alpha value is -1.76. The van der Waals surface area contributed by atoms with Crippen LogP contribution < -0.4 is 10.2 Å². The van der Waals surface area contributed by atoms with Crippen LogP contribution in [0.5, 0.6) is 0 Å². The van der Waals surface area contributed by atoms with E-state index >= 15 is 0 Å². The molecule has 0 radical (unpaired) electrons. The van der Waals surface area contributed by atoms with Crippen LogP contribution in [0.15, 0.2) is 6.07 Å². The predicted octanol–water partition coefficient (Wildman–Crippen LogP) is 2.37. The van der Waals surface area contributed by atoms with E-state index in [1.807, 2.05) is 26.8 Å². The summed E-state index contributed by atoms with van der Waals surface area (Å²) >= 11 is 5.98. The van der Waals surface area contributed by atoms with E-state index in [4.69, 9.17) is 16.3 Å². The van der Waals surface area contributed by atoms with E-state index in [1.54, 1.807) is 4.90 Å². The molecule has 7 nitrogen and oxygen atoms in total. The lowest BCUT2D eigenvalue weighted by atomic mass is 10.0. The normalized spacial score (nSPS) is 23.7. The lowest BCUT2D eigenvalue weighted by Crippen LogP contribution is -2.62. The number of piperazine rings is 1. The summed E-state index contributed by atoms with van der Waals surface area (Å²) in [6.07, 6.45) is -0.263. The van der Waals surface area contributed by atoms with E-state index in [0.717, 1.165) is 11.5 Å². The monoisotopic (exact) mass is 339 g/mol. The largest absolute Gasteiger partial charge is 0.444 e. The standard InChI is InChI=1S/C15H22ClN5O2/c1-9-11-8-20(14(22)23-15(2,3)4)5-6-21(11)10-7-12(16)18-19-13(10)17-9/h7,9,11H,5-6,8H2,1-4H3,(H,17,19)/t9-,11-/m1/s1. The second-order valence-corrected chi connectivity index (χ2v) is 7.41. The molecule has 0 aliphatic carbocycles. The number of carbonyl (C=O) groups is 1. The Kier molecular flexibility index (Phi) is 4.00. The van der Waals surface area contributed by atoms with Crippen LogP contribution in [0.1, 0.15) is 27.7 Å². The predicted molar refractivity (Wildman–Crippen MR) is 89.1 cm³/mol. The molecule has 23 heavy (non-hydrogen) atoms. The highest BCUT2D eigenvalue weighted by molar-refractivity contribution is 6.29. The van der Waals surface area contributed by atoms with E-state index in [2.05, 4.69) is 27.3 Å². The second-order valence-electron chi connectivity index (χ2n) is 7.02. The summed E-state index contributed by atoms with van der Waals surface area (Å²) < 4.78 is 5.49. The summed E-state index contributed by atoms with van der Waals surface area (Å²) in [7, 11) is 0. The van der Waals surface area contributed by atoms with Gasteiger partial charge in [-0.25, -0.2) is 4.79 Å². The molecule has 0 unspecified atom stereocenters. The van der Waals surface area contributed by atoms with Crippen LogP contribution in [-0.2, 0) is 4.74 Å². The van der Waals surface area contributed by atoms with Crippen molar-refractivity contribution < 1.29 is 9.53 Å². The molecule has 1 amide bonds. The van der Waals surface area contributed by atoms with Crippen LogP contribution in [0.2, 0.25) is 5.15 Å². The minimum absolute atomic E-state index is 0.142. The molecule has 1 fully saturated rings. The first-order valence-corrected chi connectivity index (χ1v) is 8.17. The van der Waals surface area contributed by atoms with Gasteiger partial charge in [0.05, 0.1) is 11.7 Å². The number of aromatic nitrogens is 2. The number of anilines is 2. The maximum absolute atomic E-state index is 12.3. The smallest absolute Gasteiger partial charge is 0.410 e. The maximum atomic E-state index is 12.3. The number of fused-ring (bicyclic) bond motifs is 3. The van der Waals surface area contributed by atoms with Crippen molar-refractivity contribution in [3.63, 3.8) is 0 Å². The van der Waals surface area contributed by atoms with Gasteiger partial charge < -0.3 is 19.9 Å². The van der Waals surface area contributed by atoms with Crippen LogP contribution in [0.3, 0.4) is 0 Å². The molecule has 0 bridgehead atoms. The zero-order valence-electron chi connectivity index (χ0n) is 13.8. The molecule has 1 aromatic rings. The van der Waals surface area contributed by atoms with Gasteiger partial charge >= 0.3 is 6.09 Å². The van der Waals surface area contributed by atoms with Crippen molar-refractivity contribution in [2.24, 2.45) is 0 Å². The number of halogens is 1. The zero-order chi connectivity index (χ0) is 16.8. The SMILES string of the molecule is C[C@H]1Nc2nnc(Cl)cc2N2CCN(C(=O)OC(C)(C)C)C[C@H]12. The van der Waals surface area contributed by atoms with Crippen molar-refractivity contribution in [3.8, 4) is 0 Å². The average molecular weight is 340 g/mol. The molecule has 8 heteroatoms. The fourth-order valence-electron chi connectivity index (χ4n) is 3.02. The Bertz CT molecular complexity index is 618. The number of nitrogens with zero attached hydrogens (tertiary/aromatic N) is 4. The first-order valence-electron chi connectivity index (χ1n) is 7.79. The fourth-order valence-corrected chi connectivity index (χ4v) is 3.16. The van der Waals surface area contributed by atoms with Gasteiger partial charge in [-0.2, -0.15) is 0 Å². The van der Waals surface area contributed by atoms with Gasteiger partial charge in [0.25, 0.3) is 0 Å².